The SMILES string of the molecule is CC(=O)N(CC(=O)Nc1ccccc1Cl)c1ccc(N2CCCCC2)cc1. The molecule has 2 aromatic carbocycles. The second kappa shape index (κ2) is 8.91. The van der Waals surface area contributed by atoms with E-state index in [4.69, 9.17) is 11.6 Å². The Morgan fingerprint density at radius 3 is 2.33 bits per heavy atom. The second-order valence-corrected chi connectivity index (χ2v) is 7.10. The van der Waals surface area contributed by atoms with E-state index >= 15 is 0 Å². The van der Waals surface area contributed by atoms with E-state index in [9.17, 15) is 9.59 Å². The van der Waals surface area contributed by atoms with Gasteiger partial charge in [-0.1, -0.05) is 23.7 Å². The van der Waals surface area contributed by atoms with Crippen LogP contribution in [0, 0.1) is 0 Å². The summed E-state index contributed by atoms with van der Waals surface area (Å²) in [5.41, 5.74) is 2.40. The van der Waals surface area contributed by atoms with Crippen LogP contribution in [0.15, 0.2) is 48.5 Å². The Morgan fingerprint density at radius 2 is 1.70 bits per heavy atom. The zero-order valence-electron chi connectivity index (χ0n) is 15.5. The van der Waals surface area contributed by atoms with Crippen molar-refractivity contribution in [1.82, 2.24) is 0 Å². The van der Waals surface area contributed by atoms with Gasteiger partial charge in [0.25, 0.3) is 0 Å². The highest BCUT2D eigenvalue weighted by Gasteiger charge is 2.17. The van der Waals surface area contributed by atoms with Crippen LogP contribution in [0.1, 0.15) is 26.2 Å². The Morgan fingerprint density at radius 1 is 1.04 bits per heavy atom. The number of hydrogen-bond donors (Lipinski definition) is 1. The lowest BCUT2D eigenvalue weighted by Gasteiger charge is -2.29. The van der Waals surface area contributed by atoms with Crippen molar-refractivity contribution in [3.63, 3.8) is 0 Å². The molecule has 142 valence electrons. The molecule has 0 bridgehead atoms. The van der Waals surface area contributed by atoms with E-state index in [1.165, 1.54) is 31.1 Å². The fourth-order valence-corrected chi connectivity index (χ4v) is 3.46. The van der Waals surface area contributed by atoms with E-state index in [-0.39, 0.29) is 18.4 Å². The molecule has 2 aromatic rings. The van der Waals surface area contributed by atoms with Gasteiger partial charge in [0.15, 0.2) is 0 Å². The number of anilines is 3. The summed E-state index contributed by atoms with van der Waals surface area (Å²) in [7, 11) is 0. The second-order valence-electron chi connectivity index (χ2n) is 6.70. The number of para-hydroxylation sites is 1. The lowest BCUT2D eigenvalue weighted by Crippen LogP contribution is -2.36. The van der Waals surface area contributed by atoms with Gasteiger partial charge in [0, 0.05) is 31.4 Å². The van der Waals surface area contributed by atoms with E-state index in [0.717, 1.165) is 18.8 Å². The van der Waals surface area contributed by atoms with Crippen molar-refractivity contribution in [3.05, 3.63) is 53.6 Å². The number of carbonyl (C=O) groups excluding carboxylic acids is 2. The first-order valence-corrected chi connectivity index (χ1v) is 9.60. The first-order chi connectivity index (χ1) is 13.0. The number of rotatable bonds is 5. The van der Waals surface area contributed by atoms with Gasteiger partial charge in [-0.2, -0.15) is 0 Å². The molecule has 1 fully saturated rings. The Balaban J connectivity index is 1.68. The van der Waals surface area contributed by atoms with Crippen molar-refractivity contribution < 1.29 is 9.59 Å². The van der Waals surface area contributed by atoms with Gasteiger partial charge >= 0.3 is 0 Å². The highest BCUT2D eigenvalue weighted by Crippen LogP contribution is 2.24. The molecule has 0 aromatic heterocycles. The first kappa shape index (κ1) is 19.2. The largest absolute Gasteiger partial charge is 0.372 e. The van der Waals surface area contributed by atoms with Gasteiger partial charge in [-0.05, 0) is 55.7 Å². The summed E-state index contributed by atoms with van der Waals surface area (Å²) in [5, 5.41) is 3.22. The smallest absolute Gasteiger partial charge is 0.244 e. The molecule has 0 atom stereocenters. The summed E-state index contributed by atoms with van der Waals surface area (Å²) in [6.07, 6.45) is 3.71. The van der Waals surface area contributed by atoms with E-state index in [0.29, 0.717) is 16.4 Å². The topological polar surface area (TPSA) is 52.7 Å². The molecule has 1 saturated heterocycles. The van der Waals surface area contributed by atoms with Crippen LogP contribution in [0.25, 0.3) is 0 Å². The summed E-state index contributed by atoms with van der Waals surface area (Å²) < 4.78 is 0. The number of nitrogens with zero attached hydrogens (tertiary/aromatic N) is 2. The maximum Gasteiger partial charge on any atom is 0.244 e. The summed E-state index contributed by atoms with van der Waals surface area (Å²) in [4.78, 5) is 28.3. The van der Waals surface area contributed by atoms with Gasteiger partial charge in [0.1, 0.15) is 6.54 Å². The van der Waals surface area contributed by atoms with Crippen molar-refractivity contribution in [2.24, 2.45) is 0 Å². The number of amides is 2. The fraction of sp³-hybridized carbons (Fsp3) is 0.333. The Hall–Kier alpha value is -2.53. The zero-order chi connectivity index (χ0) is 19.2. The van der Waals surface area contributed by atoms with Gasteiger partial charge in [-0.3, -0.25) is 9.59 Å². The monoisotopic (exact) mass is 385 g/mol. The highest BCUT2D eigenvalue weighted by atomic mass is 35.5. The van der Waals surface area contributed by atoms with E-state index in [2.05, 4.69) is 10.2 Å². The van der Waals surface area contributed by atoms with Crippen molar-refractivity contribution in [2.75, 3.05) is 34.8 Å². The summed E-state index contributed by atoms with van der Waals surface area (Å²) in [6, 6.07) is 14.9. The van der Waals surface area contributed by atoms with Gasteiger partial charge < -0.3 is 15.1 Å². The van der Waals surface area contributed by atoms with Gasteiger partial charge in [0.05, 0.1) is 10.7 Å². The van der Waals surface area contributed by atoms with Crippen LogP contribution in [0.2, 0.25) is 5.02 Å². The lowest BCUT2D eigenvalue weighted by molar-refractivity contribution is -0.120. The Labute approximate surface area is 164 Å². The predicted octanol–water partition coefficient (Wildman–Crippen LogP) is 4.32. The standard InChI is InChI=1S/C21H24ClN3O2/c1-16(26)25(15-21(27)23-20-8-4-3-7-19(20)22)18-11-9-17(10-12-18)24-13-5-2-6-14-24/h3-4,7-12H,2,5-6,13-15H2,1H3,(H,23,27). The van der Waals surface area contributed by atoms with Crippen LogP contribution >= 0.6 is 11.6 Å². The van der Waals surface area contributed by atoms with Gasteiger partial charge in [0.2, 0.25) is 11.8 Å². The molecule has 1 aliphatic rings. The van der Waals surface area contributed by atoms with Gasteiger partial charge in [-0.25, -0.2) is 0 Å². The average molecular weight is 386 g/mol. The molecule has 1 heterocycles. The molecule has 1 N–H and O–H groups in total. The van der Waals surface area contributed by atoms with Crippen LogP contribution in [-0.2, 0) is 9.59 Å². The fourth-order valence-electron chi connectivity index (χ4n) is 3.28. The number of hydrogen-bond acceptors (Lipinski definition) is 3. The molecule has 0 unspecified atom stereocenters. The zero-order valence-corrected chi connectivity index (χ0v) is 16.2. The van der Waals surface area contributed by atoms with E-state index in [1.54, 1.807) is 24.3 Å². The van der Waals surface area contributed by atoms with Crippen molar-refractivity contribution >= 4 is 40.5 Å². The van der Waals surface area contributed by atoms with Crippen molar-refractivity contribution in [3.8, 4) is 0 Å². The first-order valence-electron chi connectivity index (χ1n) is 9.22. The third-order valence-electron chi connectivity index (χ3n) is 4.71. The predicted molar refractivity (Wildman–Crippen MR) is 111 cm³/mol. The average Bonchev–Trinajstić information content (AvgIpc) is 2.68. The van der Waals surface area contributed by atoms with Gasteiger partial charge in [-0.15, -0.1) is 0 Å². The Kier molecular flexibility index (Phi) is 6.35. The lowest BCUT2D eigenvalue weighted by atomic mass is 10.1. The minimum atomic E-state index is -0.293. The number of halogens is 1. The molecule has 6 heteroatoms. The highest BCUT2D eigenvalue weighted by molar-refractivity contribution is 6.33. The van der Waals surface area contributed by atoms with Crippen LogP contribution in [0.3, 0.4) is 0 Å². The molecule has 27 heavy (non-hydrogen) atoms. The van der Waals surface area contributed by atoms with E-state index in [1.807, 2.05) is 24.3 Å². The summed E-state index contributed by atoms with van der Waals surface area (Å²) in [6.45, 7) is 3.52. The van der Waals surface area contributed by atoms with Crippen LogP contribution in [0.4, 0.5) is 17.1 Å². The molecule has 3 rings (SSSR count). The maximum absolute atomic E-state index is 12.4. The molecule has 0 radical (unpaired) electrons. The van der Waals surface area contributed by atoms with Crippen molar-refractivity contribution in [2.45, 2.75) is 26.2 Å². The molecule has 2 amide bonds. The Bertz CT molecular complexity index is 801. The quantitative estimate of drug-likeness (QED) is 0.833. The minimum absolute atomic E-state index is 0.0659. The molecule has 5 nitrogen and oxygen atoms in total. The third-order valence-corrected chi connectivity index (χ3v) is 5.04. The van der Waals surface area contributed by atoms with Crippen molar-refractivity contribution in [1.29, 1.82) is 0 Å². The number of carbonyl (C=O) groups is 2. The number of benzene rings is 2. The van der Waals surface area contributed by atoms with Crippen LogP contribution in [-0.4, -0.2) is 31.4 Å². The normalized spacial score (nSPS) is 13.9. The molecule has 0 aliphatic carbocycles. The third kappa shape index (κ3) is 5.01. The molecular weight excluding hydrogens is 362 g/mol. The molecule has 0 spiro atoms. The van der Waals surface area contributed by atoms with Crippen LogP contribution < -0.4 is 15.1 Å². The molecular formula is C21H24ClN3O2. The maximum atomic E-state index is 12.4. The molecule has 1 aliphatic heterocycles. The number of piperidine rings is 1. The molecule has 0 saturated carbocycles. The summed E-state index contributed by atoms with van der Waals surface area (Å²) >= 11 is 6.08. The van der Waals surface area contributed by atoms with Crippen LogP contribution in [0.5, 0.6) is 0 Å². The van der Waals surface area contributed by atoms with E-state index < -0.39 is 0 Å². The summed E-state index contributed by atoms with van der Waals surface area (Å²) in [5.74, 6) is -0.478. The number of nitrogens with one attached hydrogen (secondary N) is 1. The minimum Gasteiger partial charge on any atom is -0.372 e.